The van der Waals surface area contributed by atoms with E-state index in [0.717, 1.165) is 0 Å². The number of phenols is 5. The molecule has 7 heteroatoms. The topological polar surface area (TPSA) is 135 Å². The van der Waals surface area contributed by atoms with Gasteiger partial charge in [0.1, 0.15) is 40.1 Å². The van der Waals surface area contributed by atoms with Crippen LogP contribution < -0.4 is 0 Å². The van der Waals surface area contributed by atoms with Crippen molar-refractivity contribution in [2.75, 3.05) is 0 Å². The maximum Gasteiger partial charge on any atom is 0.143 e. The lowest BCUT2D eigenvalue weighted by molar-refractivity contribution is 0.159. The van der Waals surface area contributed by atoms with Crippen molar-refractivity contribution >= 4 is 11.0 Å². The fourth-order valence-corrected chi connectivity index (χ4v) is 5.08. The lowest BCUT2D eigenvalue weighted by Crippen LogP contribution is -2.12. The monoisotopic (exact) mass is 468 g/mol. The van der Waals surface area contributed by atoms with Crippen LogP contribution in [0.1, 0.15) is 28.7 Å². The summed E-state index contributed by atoms with van der Waals surface area (Å²) in [5.41, 5.74) is 3.27. The Morgan fingerprint density at radius 1 is 0.657 bits per heavy atom. The van der Waals surface area contributed by atoms with Crippen molar-refractivity contribution in [3.8, 4) is 51.2 Å². The number of hydrogen-bond acceptors (Lipinski definition) is 7. The van der Waals surface area contributed by atoms with Gasteiger partial charge in [-0.25, -0.2) is 0 Å². The van der Waals surface area contributed by atoms with Crippen molar-refractivity contribution in [1.82, 2.24) is 0 Å². The SMILES string of the molecule is Oc1ccc(-c2oc3cc(O)cc4c3c2-c2cc(O)cc(O)c2[C@@H](c2ccc(O)cc2)[C@@H]4O)cc1. The quantitative estimate of drug-likeness (QED) is 0.202. The second-order valence-electron chi connectivity index (χ2n) is 8.70. The van der Waals surface area contributed by atoms with Gasteiger partial charge < -0.3 is 35.1 Å². The van der Waals surface area contributed by atoms with Crippen LogP contribution in [0.4, 0.5) is 0 Å². The van der Waals surface area contributed by atoms with Crippen LogP contribution in [0.2, 0.25) is 0 Å². The minimum absolute atomic E-state index is 0.0528. The minimum atomic E-state index is -1.21. The minimum Gasteiger partial charge on any atom is -0.508 e. The van der Waals surface area contributed by atoms with Crippen LogP contribution in [0.3, 0.4) is 0 Å². The number of hydrogen-bond donors (Lipinski definition) is 6. The van der Waals surface area contributed by atoms with Crippen LogP contribution in [0, 0.1) is 0 Å². The average molecular weight is 468 g/mol. The molecule has 0 saturated carbocycles. The number of furan rings is 1. The van der Waals surface area contributed by atoms with Crippen LogP contribution in [0.15, 0.2) is 77.2 Å². The van der Waals surface area contributed by atoms with Gasteiger partial charge in [0.2, 0.25) is 0 Å². The lowest BCUT2D eigenvalue weighted by Gasteiger charge is -2.25. The van der Waals surface area contributed by atoms with Gasteiger partial charge in [0.15, 0.2) is 0 Å². The second-order valence-corrected chi connectivity index (χ2v) is 8.70. The molecule has 0 unspecified atom stereocenters. The van der Waals surface area contributed by atoms with Crippen molar-refractivity contribution in [2.45, 2.75) is 12.0 Å². The zero-order chi connectivity index (χ0) is 24.4. The van der Waals surface area contributed by atoms with Crippen LogP contribution in [0.25, 0.3) is 33.4 Å². The van der Waals surface area contributed by atoms with E-state index in [1.165, 1.54) is 48.5 Å². The highest BCUT2D eigenvalue weighted by Crippen LogP contribution is 2.56. The molecule has 35 heavy (non-hydrogen) atoms. The van der Waals surface area contributed by atoms with Crippen LogP contribution in [-0.4, -0.2) is 30.6 Å². The first-order chi connectivity index (χ1) is 16.8. The number of fused-ring (bicyclic) bond motifs is 2. The highest BCUT2D eigenvalue weighted by atomic mass is 16.3. The fraction of sp³-hybridized carbons (Fsp3) is 0.0714. The van der Waals surface area contributed by atoms with E-state index >= 15 is 0 Å². The Balaban J connectivity index is 1.77. The Kier molecular flexibility index (Phi) is 4.46. The summed E-state index contributed by atoms with van der Waals surface area (Å²) in [5.74, 6) is -0.780. The molecule has 1 heterocycles. The standard InChI is InChI=1S/C28H20O7/c29-15-5-1-13(2-6-15)23-24-19(9-17(31)11-21(24)33)26-25-20(27(23)34)10-18(32)12-22(25)35-28(26)14-3-7-16(30)8-4-14/h1-12,23,27,29-34H/t23-,27-/m1/s1. The summed E-state index contributed by atoms with van der Waals surface area (Å²) in [7, 11) is 0. The summed E-state index contributed by atoms with van der Waals surface area (Å²) in [6, 6.07) is 18.3. The summed E-state index contributed by atoms with van der Waals surface area (Å²) in [6.45, 7) is 0. The van der Waals surface area contributed by atoms with Gasteiger partial charge in [-0.15, -0.1) is 0 Å². The van der Waals surface area contributed by atoms with Crippen molar-refractivity contribution in [2.24, 2.45) is 0 Å². The summed E-state index contributed by atoms with van der Waals surface area (Å²) in [6.07, 6.45) is -1.21. The molecule has 1 aliphatic rings. The molecular formula is C28H20O7. The zero-order valence-corrected chi connectivity index (χ0v) is 18.2. The van der Waals surface area contributed by atoms with Gasteiger partial charge in [-0.2, -0.15) is 0 Å². The average Bonchev–Trinajstić information content (AvgIpc) is 3.15. The van der Waals surface area contributed by atoms with Gasteiger partial charge in [0.25, 0.3) is 0 Å². The molecule has 0 saturated heterocycles. The highest BCUT2D eigenvalue weighted by Gasteiger charge is 2.38. The van der Waals surface area contributed by atoms with Gasteiger partial charge in [0, 0.05) is 40.1 Å². The Hall–Kier alpha value is -4.62. The van der Waals surface area contributed by atoms with E-state index in [1.54, 1.807) is 24.3 Å². The molecule has 0 spiro atoms. The molecule has 0 radical (unpaired) electrons. The molecule has 1 aromatic heterocycles. The molecule has 0 fully saturated rings. The number of aliphatic hydroxyl groups excluding tert-OH is 1. The van der Waals surface area contributed by atoms with Crippen molar-refractivity contribution in [3.05, 3.63) is 89.5 Å². The Morgan fingerprint density at radius 2 is 1.29 bits per heavy atom. The highest BCUT2D eigenvalue weighted by molar-refractivity contribution is 6.06. The predicted octanol–water partition coefficient (Wildman–Crippen LogP) is 5.47. The molecule has 5 aromatic rings. The van der Waals surface area contributed by atoms with Crippen LogP contribution in [0.5, 0.6) is 28.7 Å². The first kappa shape index (κ1) is 20.9. The number of aromatic hydroxyl groups is 5. The number of phenolic OH excluding ortho intramolecular Hbond substituents is 5. The van der Waals surface area contributed by atoms with E-state index in [0.29, 0.717) is 50.1 Å². The summed E-state index contributed by atoms with van der Waals surface area (Å²) < 4.78 is 6.17. The van der Waals surface area contributed by atoms with E-state index in [9.17, 15) is 30.6 Å². The molecule has 0 amide bonds. The van der Waals surface area contributed by atoms with Gasteiger partial charge in [-0.1, -0.05) is 12.1 Å². The summed E-state index contributed by atoms with van der Waals surface area (Å²) in [5, 5.41) is 63.8. The van der Waals surface area contributed by atoms with Crippen molar-refractivity contribution in [3.63, 3.8) is 0 Å². The maximum absolute atomic E-state index is 11.7. The lowest BCUT2D eigenvalue weighted by atomic mass is 9.82. The largest absolute Gasteiger partial charge is 0.508 e. The van der Waals surface area contributed by atoms with Crippen molar-refractivity contribution < 1.29 is 35.1 Å². The Bertz CT molecular complexity index is 1600. The normalized spacial score (nSPS) is 16.7. The fourth-order valence-electron chi connectivity index (χ4n) is 5.08. The van der Waals surface area contributed by atoms with E-state index in [-0.39, 0.29) is 28.7 Å². The van der Waals surface area contributed by atoms with E-state index in [2.05, 4.69) is 0 Å². The Morgan fingerprint density at radius 3 is 1.97 bits per heavy atom. The van der Waals surface area contributed by atoms with E-state index in [4.69, 9.17) is 4.42 Å². The number of benzene rings is 4. The molecule has 7 nitrogen and oxygen atoms in total. The van der Waals surface area contributed by atoms with E-state index in [1.807, 2.05) is 0 Å². The molecule has 2 atom stereocenters. The first-order valence-corrected chi connectivity index (χ1v) is 10.9. The maximum atomic E-state index is 11.7. The zero-order valence-electron chi connectivity index (χ0n) is 18.2. The second kappa shape index (κ2) is 7.44. The third kappa shape index (κ3) is 3.17. The number of rotatable bonds is 2. The van der Waals surface area contributed by atoms with Crippen LogP contribution in [-0.2, 0) is 0 Å². The molecular weight excluding hydrogens is 448 g/mol. The molecule has 0 aliphatic heterocycles. The smallest absolute Gasteiger partial charge is 0.143 e. The van der Waals surface area contributed by atoms with Crippen molar-refractivity contribution in [1.29, 1.82) is 0 Å². The van der Waals surface area contributed by atoms with E-state index < -0.39 is 12.0 Å². The van der Waals surface area contributed by atoms with Gasteiger partial charge in [-0.3, -0.25) is 0 Å². The van der Waals surface area contributed by atoms with Gasteiger partial charge >= 0.3 is 0 Å². The molecule has 6 rings (SSSR count). The van der Waals surface area contributed by atoms with Crippen LogP contribution >= 0.6 is 0 Å². The molecule has 4 aromatic carbocycles. The predicted molar refractivity (Wildman–Crippen MR) is 129 cm³/mol. The van der Waals surface area contributed by atoms with Gasteiger partial charge in [0.05, 0.1) is 6.10 Å². The Labute approximate surface area is 199 Å². The number of aliphatic hydroxyl groups is 1. The molecule has 174 valence electrons. The first-order valence-electron chi connectivity index (χ1n) is 10.9. The summed E-state index contributed by atoms with van der Waals surface area (Å²) >= 11 is 0. The molecule has 1 aliphatic carbocycles. The summed E-state index contributed by atoms with van der Waals surface area (Å²) in [4.78, 5) is 0. The van der Waals surface area contributed by atoms with Gasteiger partial charge in [-0.05, 0) is 65.2 Å². The third-order valence-corrected chi connectivity index (χ3v) is 6.55. The third-order valence-electron chi connectivity index (χ3n) is 6.55. The molecule has 0 bridgehead atoms. The molecule has 6 N–H and O–H groups in total.